The second-order valence-corrected chi connectivity index (χ2v) is 3.05. The molecule has 0 radical (unpaired) electrons. The zero-order valence-corrected chi connectivity index (χ0v) is 8.09. The highest BCUT2D eigenvalue weighted by atomic mass is 15.3. The van der Waals surface area contributed by atoms with E-state index in [1.54, 1.807) is 17.1 Å². The fourth-order valence-corrected chi connectivity index (χ4v) is 1.28. The third-order valence-electron chi connectivity index (χ3n) is 1.92. The summed E-state index contributed by atoms with van der Waals surface area (Å²) in [7, 11) is 0. The molecule has 72 valence electrons. The lowest BCUT2D eigenvalue weighted by Crippen LogP contribution is -2.03. The summed E-state index contributed by atoms with van der Waals surface area (Å²) in [6.07, 6.45) is 7.41. The van der Waals surface area contributed by atoms with Gasteiger partial charge in [-0.25, -0.2) is 14.6 Å². The Bertz CT molecular complexity index is 394. The van der Waals surface area contributed by atoms with Crippen molar-refractivity contribution in [1.29, 1.82) is 0 Å². The summed E-state index contributed by atoms with van der Waals surface area (Å²) in [5, 5.41) is 4.08. The fourth-order valence-electron chi connectivity index (χ4n) is 1.28. The van der Waals surface area contributed by atoms with Crippen LogP contribution in [0.4, 0.5) is 0 Å². The summed E-state index contributed by atoms with van der Waals surface area (Å²) in [5.41, 5.74) is 1.06. The lowest BCUT2D eigenvalue weighted by Gasteiger charge is -2.01. The first-order chi connectivity index (χ1) is 6.90. The van der Waals surface area contributed by atoms with Gasteiger partial charge in [0, 0.05) is 24.3 Å². The standard InChI is InChI=1S/C10H12N4/c1-2-4-9-5-7-11-10(13-9)14-8-3-6-12-14/h3,5-8H,2,4H2,1H3. The summed E-state index contributed by atoms with van der Waals surface area (Å²) in [5.74, 6) is 0.640. The van der Waals surface area contributed by atoms with Crippen LogP contribution in [-0.2, 0) is 6.42 Å². The van der Waals surface area contributed by atoms with Gasteiger partial charge in [-0.1, -0.05) is 13.3 Å². The third-order valence-corrected chi connectivity index (χ3v) is 1.92. The highest BCUT2D eigenvalue weighted by molar-refractivity contribution is 5.13. The Labute approximate surface area is 82.6 Å². The Morgan fingerprint density at radius 2 is 2.29 bits per heavy atom. The third kappa shape index (κ3) is 1.79. The minimum absolute atomic E-state index is 0.640. The monoisotopic (exact) mass is 188 g/mol. The van der Waals surface area contributed by atoms with E-state index in [-0.39, 0.29) is 0 Å². The second-order valence-electron chi connectivity index (χ2n) is 3.05. The molecule has 2 rings (SSSR count). The first-order valence-electron chi connectivity index (χ1n) is 4.72. The molecule has 4 nitrogen and oxygen atoms in total. The van der Waals surface area contributed by atoms with E-state index >= 15 is 0 Å². The number of hydrogen-bond donors (Lipinski definition) is 0. The molecule has 2 heterocycles. The number of aryl methyl sites for hydroxylation is 1. The Kier molecular flexibility index (Phi) is 2.53. The molecule has 2 aromatic rings. The molecule has 0 saturated heterocycles. The molecule has 14 heavy (non-hydrogen) atoms. The van der Waals surface area contributed by atoms with Crippen LogP contribution in [0.15, 0.2) is 30.7 Å². The van der Waals surface area contributed by atoms with Crippen molar-refractivity contribution in [3.63, 3.8) is 0 Å². The second kappa shape index (κ2) is 4.00. The lowest BCUT2D eigenvalue weighted by molar-refractivity contribution is 0.780. The molecule has 4 heteroatoms. The maximum atomic E-state index is 4.39. The van der Waals surface area contributed by atoms with Crippen molar-refractivity contribution in [2.24, 2.45) is 0 Å². The topological polar surface area (TPSA) is 43.6 Å². The number of rotatable bonds is 3. The maximum Gasteiger partial charge on any atom is 0.250 e. The van der Waals surface area contributed by atoms with Gasteiger partial charge in [0.2, 0.25) is 0 Å². The Morgan fingerprint density at radius 1 is 1.36 bits per heavy atom. The Balaban J connectivity index is 2.31. The van der Waals surface area contributed by atoms with Crippen molar-refractivity contribution in [2.75, 3.05) is 0 Å². The molecule has 2 aromatic heterocycles. The van der Waals surface area contributed by atoms with Gasteiger partial charge in [0.25, 0.3) is 5.95 Å². The van der Waals surface area contributed by atoms with Gasteiger partial charge in [-0.3, -0.25) is 0 Å². The maximum absolute atomic E-state index is 4.39. The zero-order valence-electron chi connectivity index (χ0n) is 8.09. The van der Waals surface area contributed by atoms with Gasteiger partial charge in [-0.15, -0.1) is 0 Å². The average Bonchev–Trinajstić information content (AvgIpc) is 2.71. The summed E-state index contributed by atoms with van der Waals surface area (Å²) in [6.45, 7) is 2.13. The first-order valence-corrected chi connectivity index (χ1v) is 4.72. The Morgan fingerprint density at radius 3 is 3.00 bits per heavy atom. The Hall–Kier alpha value is -1.71. The molecule has 0 aliphatic heterocycles. The fraction of sp³-hybridized carbons (Fsp3) is 0.300. The van der Waals surface area contributed by atoms with Crippen molar-refractivity contribution in [2.45, 2.75) is 19.8 Å². The van der Waals surface area contributed by atoms with E-state index in [0.29, 0.717) is 5.95 Å². The quantitative estimate of drug-likeness (QED) is 0.735. The first kappa shape index (κ1) is 8.87. The number of aromatic nitrogens is 4. The predicted octanol–water partition coefficient (Wildman–Crippen LogP) is 1.61. The number of hydrogen-bond acceptors (Lipinski definition) is 3. The molecular weight excluding hydrogens is 176 g/mol. The average molecular weight is 188 g/mol. The van der Waals surface area contributed by atoms with Crippen molar-refractivity contribution >= 4 is 0 Å². The summed E-state index contributed by atoms with van der Waals surface area (Å²) < 4.78 is 1.67. The molecule has 0 spiro atoms. The van der Waals surface area contributed by atoms with E-state index in [0.717, 1.165) is 18.5 Å². The van der Waals surface area contributed by atoms with Crippen LogP contribution in [-0.4, -0.2) is 19.7 Å². The molecule has 0 aliphatic carbocycles. The van der Waals surface area contributed by atoms with E-state index in [4.69, 9.17) is 0 Å². The summed E-state index contributed by atoms with van der Waals surface area (Å²) in [4.78, 5) is 8.55. The molecule has 0 atom stereocenters. The smallest absolute Gasteiger partial charge is 0.220 e. The molecule has 0 unspecified atom stereocenters. The molecular formula is C10H12N4. The molecule has 0 fully saturated rings. The SMILES string of the molecule is CCCc1ccnc(-n2cccn2)n1. The number of nitrogens with zero attached hydrogens (tertiary/aromatic N) is 4. The molecule has 0 saturated carbocycles. The highest BCUT2D eigenvalue weighted by Gasteiger charge is 2.00. The van der Waals surface area contributed by atoms with Gasteiger partial charge in [-0.2, -0.15) is 5.10 Å². The van der Waals surface area contributed by atoms with Crippen LogP contribution in [0.3, 0.4) is 0 Å². The van der Waals surface area contributed by atoms with Gasteiger partial charge in [0.15, 0.2) is 0 Å². The summed E-state index contributed by atoms with van der Waals surface area (Å²) >= 11 is 0. The van der Waals surface area contributed by atoms with Crippen molar-refractivity contribution < 1.29 is 0 Å². The van der Waals surface area contributed by atoms with Gasteiger partial charge in [-0.05, 0) is 18.6 Å². The van der Waals surface area contributed by atoms with Crippen LogP contribution in [0.2, 0.25) is 0 Å². The van der Waals surface area contributed by atoms with Gasteiger partial charge in [0.1, 0.15) is 0 Å². The van der Waals surface area contributed by atoms with Gasteiger partial charge in [0.05, 0.1) is 0 Å². The molecule has 0 bridgehead atoms. The van der Waals surface area contributed by atoms with Crippen LogP contribution in [0, 0.1) is 0 Å². The van der Waals surface area contributed by atoms with E-state index in [1.807, 2.05) is 18.3 Å². The van der Waals surface area contributed by atoms with E-state index in [9.17, 15) is 0 Å². The minimum Gasteiger partial charge on any atom is -0.220 e. The lowest BCUT2D eigenvalue weighted by atomic mass is 10.2. The highest BCUT2D eigenvalue weighted by Crippen LogP contribution is 2.02. The molecule has 0 N–H and O–H groups in total. The van der Waals surface area contributed by atoms with Crippen LogP contribution >= 0.6 is 0 Å². The molecule has 0 aromatic carbocycles. The van der Waals surface area contributed by atoms with Crippen LogP contribution < -0.4 is 0 Å². The van der Waals surface area contributed by atoms with Gasteiger partial charge >= 0.3 is 0 Å². The van der Waals surface area contributed by atoms with Crippen molar-refractivity contribution in [1.82, 2.24) is 19.7 Å². The zero-order chi connectivity index (χ0) is 9.80. The van der Waals surface area contributed by atoms with E-state index < -0.39 is 0 Å². The van der Waals surface area contributed by atoms with Crippen LogP contribution in [0.5, 0.6) is 0 Å². The van der Waals surface area contributed by atoms with Crippen LogP contribution in [0.1, 0.15) is 19.0 Å². The molecule has 0 amide bonds. The van der Waals surface area contributed by atoms with E-state index in [1.165, 1.54) is 0 Å². The summed E-state index contributed by atoms with van der Waals surface area (Å²) in [6, 6.07) is 3.80. The van der Waals surface area contributed by atoms with Crippen molar-refractivity contribution in [3.8, 4) is 5.95 Å². The largest absolute Gasteiger partial charge is 0.250 e. The van der Waals surface area contributed by atoms with Crippen LogP contribution in [0.25, 0.3) is 5.95 Å². The van der Waals surface area contributed by atoms with Gasteiger partial charge < -0.3 is 0 Å². The predicted molar refractivity (Wildman–Crippen MR) is 53.1 cm³/mol. The van der Waals surface area contributed by atoms with E-state index in [2.05, 4.69) is 22.0 Å². The van der Waals surface area contributed by atoms with Crippen molar-refractivity contribution in [3.05, 3.63) is 36.4 Å². The molecule has 0 aliphatic rings. The minimum atomic E-state index is 0.640. The normalized spacial score (nSPS) is 10.4.